The first kappa shape index (κ1) is 19.2. The van der Waals surface area contributed by atoms with Gasteiger partial charge >= 0.3 is 0 Å². The molecule has 2 amide bonds. The van der Waals surface area contributed by atoms with Gasteiger partial charge in [0.25, 0.3) is 0 Å². The van der Waals surface area contributed by atoms with Crippen LogP contribution in [0.5, 0.6) is 0 Å². The number of carbonyl (C=O) groups excluding carboxylic acids is 2. The number of benzene rings is 2. The van der Waals surface area contributed by atoms with E-state index in [1.165, 1.54) is 11.1 Å². The molecule has 1 fully saturated rings. The molecule has 0 aromatic heterocycles. The van der Waals surface area contributed by atoms with E-state index in [1.54, 1.807) is 0 Å². The largest absolute Gasteiger partial charge is 0.346 e. The number of amides is 2. The molecule has 2 aromatic carbocycles. The summed E-state index contributed by atoms with van der Waals surface area (Å²) in [6, 6.07) is 16.7. The SMILES string of the molecule is O=C(CN(C1CC1)C1CCc2ccccc21)NCC(=O)Nc1ccccc1Br. The minimum Gasteiger partial charge on any atom is -0.346 e. The number of nitrogens with one attached hydrogen (secondary N) is 2. The molecule has 1 unspecified atom stereocenters. The van der Waals surface area contributed by atoms with Crippen molar-refractivity contribution in [2.75, 3.05) is 18.4 Å². The molecule has 2 aliphatic carbocycles. The predicted molar refractivity (Wildman–Crippen MR) is 113 cm³/mol. The van der Waals surface area contributed by atoms with Crippen molar-refractivity contribution in [3.63, 3.8) is 0 Å². The lowest BCUT2D eigenvalue weighted by molar-refractivity contribution is -0.125. The van der Waals surface area contributed by atoms with Crippen LogP contribution in [0.1, 0.15) is 36.4 Å². The van der Waals surface area contributed by atoms with Crippen molar-refractivity contribution in [1.82, 2.24) is 10.2 Å². The van der Waals surface area contributed by atoms with Crippen LogP contribution >= 0.6 is 15.9 Å². The summed E-state index contributed by atoms with van der Waals surface area (Å²) < 4.78 is 0.814. The molecule has 0 radical (unpaired) electrons. The fraction of sp³-hybridized carbons (Fsp3) is 0.364. The van der Waals surface area contributed by atoms with Crippen LogP contribution in [0.15, 0.2) is 53.0 Å². The third-order valence-electron chi connectivity index (χ3n) is 5.44. The number of hydrogen-bond donors (Lipinski definition) is 2. The lowest BCUT2D eigenvalue weighted by Crippen LogP contribution is -2.42. The van der Waals surface area contributed by atoms with Gasteiger partial charge in [-0.3, -0.25) is 14.5 Å². The first-order valence-electron chi connectivity index (χ1n) is 9.76. The number of carbonyl (C=O) groups is 2. The number of nitrogens with zero attached hydrogens (tertiary/aromatic N) is 1. The molecular weight excluding hydrogens is 418 g/mol. The van der Waals surface area contributed by atoms with Crippen LogP contribution in [0.3, 0.4) is 0 Å². The van der Waals surface area contributed by atoms with E-state index in [1.807, 2.05) is 24.3 Å². The zero-order chi connectivity index (χ0) is 19.5. The van der Waals surface area contributed by atoms with E-state index in [2.05, 4.69) is 55.7 Å². The number of anilines is 1. The quantitative estimate of drug-likeness (QED) is 0.688. The summed E-state index contributed by atoms with van der Waals surface area (Å²) in [7, 11) is 0. The van der Waals surface area contributed by atoms with Crippen molar-refractivity contribution >= 4 is 33.4 Å². The van der Waals surface area contributed by atoms with Crippen LogP contribution in [0.25, 0.3) is 0 Å². The molecule has 1 saturated carbocycles. The highest BCUT2D eigenvalue weighted by molar-refractivity contribution is 9.10. The average molecular weight is 442 g/mol. The van der Waals surface area contributed by atoms with E-state index in [0.717, 1.165) is 30.2 Å². The van der Waals surface area contributed by atoms with E-state index < -0.39 is 0 Å². The van der Waals surface area contributed by atoms with Gasteiger partial charge in [-0.05, 0) is 64.9 Å². The van der Waals surface area contributed by atoms with Crippen LogP contribution < -0.4 is 10.6 Å². The monoisotopic (exact) mass is 441 g/mol. The molecule has 0 bridgehead atoms. The lowest BCUT2D eigenvalue weighted by atomic mass is 10.1. The standard InChI is InChI=1S/C22H24BrN3O2/c23-18-7-3-4-8-19(18)25-21(27)13-24-22(28)14-26(16-10-11-16)20-12-9-15-5-1-2-6-17(15)20/h1-8,16,20H,9-14H2,(H,24,28)(H,25,27). The minimum atomic E-state index is -0.232. The van der Waals surface area contributed by atoms with Crippen molar-refractivity contribution in [3.05, 3.63) is 64.1 Å². The van der Waals surface area contributed by atoms with Gasteiger partial charge in [0.05, 0.1) is 18.8 Å². The Bertz CT molecular complexity index is 882. The summed E-state index contributed by atoms with van der Waals surface area (Å²) in [4.78, 5) is 27.0. The van der Waals surface area contributed by atoms with Crippen molar-refractivity contribution in [2.24, 2.45) is 0 Å². The number of rotatable bonds is 7. The number of aryl methyl sites for hydroxylation is 1. The van der Waals surface area contributed by atoms with Crippen LogP contribution in [0, 0.1) is 0 Å². The van der Waals surface area contributed by atoms with E-state index >= 15 is 0 Å². The van der Waals surface area contributed by atoms with Crippen LogP contribution in [-0.2, 0) is 16.0 Å². The molecule has 0 saturated heterocycles. The lowest BCUT2D eigenvalue weighted by Gasteiger charge is -2.29. The minimum absolute atomic E-state index is 0.0278. The van der Waals surface area contributed by atoms with Gasteiger partial charge in [-0.2, -0.15) is 0 Å². The van der Waals surface area contributed by atoms with Crippen molar-refractivity contribution in [1.29, 1.82) is 0 Å². The Labute approximate surface area is 173 Å². The Morgan fingerprint density at radius 2 is 1.75 bits per heavy atom. The van der Waals surface area contributed by atoms with E-state index in [9.17, 15) is 9.59 Å². The Balaban J connectivity index is 1.32. The molecule has 4 rings (SSSR count). The molecule has 1 atom stereocenters. The predicted octanol–water partition coefficient (Wildman–Crippen LogP) is 3.66. The molecule has 146 valence electrons. The highest BCUT2D eigenvalue weighted by Gasteiger charge is 2.38. The van der Waals surface area contributed by atoms with Crippen LogP contribution in [0.2, 0.25) is 0 Å². The molecule has 2 N–H and O–H groups in total. The summed E-state index contributed by atoms with van der Waals surface area (Å²) in [5.41, 5.74) is 3.45. The molecular formula is C22H24BrN3O2. The molecule has 28 heavy (non-hydrogen) atoms. The number of hydrogen-bond acceptors (Lipinski definition) is 3. The van der Waals surface area contributed by atoms with E-state index in [-0.39, 0.29) is 18.4 Å². The Kier molecular flexibility index (Phi) is 5.78. The van der Waals surface area contributed by atoms with Crippen molar-refractivity contribution in [3.8, 4) is 0 Å². The second-order valence-corrected chi connectivity index (χ2v) is 8.32. The fourth-order valence-corrected chi connectivity index (χ4v) is 4.32. The molecule has 6 heteroatoms. The first-order chi connectivity index (χ1) is 13.6. The smallest absolute Gasteiger partial charge is 0.243 e. The van der Waals surface area contributed by atoms with Gasteiger partial charge in [0.15, 0.2) is 0 Å². The van der Waals surface area contributed by atoms with Gasteiger partial charge in [0, 0.05) is 16.6 Å². The summed E-state index contributed by atoms with van der Waals surface area (Å²) in [6.45, 7) is 0.311. The van der Waals surface area contributed by atoms with Gasteiger partial charge in [-0.25, -0.2) is 0 Å². The fourth-order valence-electron chi connectivity index (χ4n) is 3.94. The molecule has 0 spiro atoms. The number of fused-ring (bicyclic) bond motifs is 1. The molecule has 2 aliphatic rings. The number of para-hydroxylation sites is 1. The second-order valence-electron chi connectivity index (χ2n) is 7.46. The Morgan fingerprint density at radius 3 is 2.54 bits per heavy atom. The van der Waals surface area contributed by atoms with Crippen molar-refractivity contribution < 1.29 is 9.59 Å². The topological polar surface area (TPSA) is 61.4 Å². The highest BCUT2D eigenvalue weighted by atomic mass is 79.9. The maximum atomic E-state index is 12.5. The Morgan fingerprint density at radius 1 is 1.00 bits per heavy atom. The normalized spacial score (nSPS) is 18.0. The Hall–Kier alpha value is -2.18. The first-order valence-corrected chi connectivity index (χ1v) is 10.6. The van der Waals surface area contributed by atoms with E-state index in [0.29, 0.717) is 24.3 Å². The van der Waals surface area contributed by atoms with Gasteiger partial charge in [0.2, 0.25) is 11.8 Å². The summed E-state index contributed by atoms with van der Waals surface area (Å²) in [6.07, 6.45) is 4.43. The van der Waals surface area contributed by atoms with Gasteiger partial charge in [-0.15, -0.1) is 0 Å². The molecule has 0 aliphatic heterocycles. The summed E-state index contributed by atoms with van der Waals surface area (Å²) >= 11 is 3.40. The summed E-state index contributed by atoms with van der Waals surface area (Å²) in [5.74, 6) is -0.331. The third-order valence-corrected chi connectivity index (χ3v) is 6.13. The van der Waals surface area contributed by atoms with Crippen LogP contribution in [0.4, 0.5) is 5.69 Å². The third kappa shape index (κ3) is 4.45. The molecule has 0 heterocycles. The molecule has 5 nitrogen and oxygen atoms in total. The zero-order valence-electron chi connectivity index (χ0n) is 15.7. The van der Waals surface area contributed by atoms with Crippen molar-refractivity contribution in [2.45, 2.75) is 37.8 Å². The maximum absolute atomic E-state index is 12.5. The maximum Gasteiger partial charge on any atom is 0.243 e. The van der Waals surface area contributed by atoms with Crippen LogP contribution in [-0.4, -0.2) is 35.8 Å². The van der Waals surface area contributed by atoms with Gasteiger partial charge in [-0.1, -0.05) is 36.4 Å². The number of halogens is 1. The van der Waals surface area contributed by atoms with E-state index in [4.69, 9.17) is 0 Å². The second kappa shape index (κ2) is 8.45. The van der Waals surface area contributed by atoms with Gasteiger partial charge in [0.1, 0.15) is 0 Å². The zero-order valence-corrected chi connectivity index (χ0v) is 17.2. The summed E-state index contributed by atoms with van der Waals surface area (Å²) in [5, 5.41) is 5.58. The van der Waals surface area contributed by atoms with Gasteiger partial charge < -0.3 is 10.6 Å². The molecule has 2 aromatic rings. The highest BCUT2D eigenvalue weighted by Crippen LogP contribution is 2.41. The average Bonchev–Trinajstić information content (AvgIpc) is 3.45.